The number of aromatic nitrogens is 2. The van der Waals surface area contributed by atoms with Crippen LogP contribution in [0.5, 0.6) is 0 Å². The molecule has 2 atom stereocenters. The highest BCUT2D eigenvalue weighted by Gasteiger charge is 2.29. The molecule has 1 aromatic heterocycles. The number of hydrogen-bond donors (Lipinski definition) is 1. The van der Waals surface area contributed by atoms with Gasteiger partial charge in [0.05, 0.1) is 6.10 Å². The van der Waals surface area contributed by atoms with Crippen LogP contribution in [0.1, 0.15) is 31.0 Å². The van der Waals surface area contributed by atoms with E-state index in [4.69, 9.17) is 0 Å². The highest BCUT2D eigenvalue weighted by molar-refractivity contribution is 5.04. The lowest BCUT2D eigenvalue weighted by molar-refractivity contribution is 0.159. The predicted octanol–water partition coefficient (Wildman–Crippen LogP) is 1.05. The summed E-state index contributed by atoms with van der Waals surface area (Å²) in [5.74, 6) is 1.30. The van der Waals surface area contributed by atoms with Crippen LogP contribution in [-0.4, -0.2) is 20.8 Å². The van der Waals surface area contributed by atoms with Crippen LogP contribution in [0.4, 0.5) is 0 Å². The molecule has 0 saturated heterocycles. The van der Waals surface area contributed by atoms with Gasteiger partial charge in [-0.25, -0.2) is 4.98 Å². The average molecular weight is 166 g/mol. The van der Waals surface area contributed by atoms with Gasteiger partial charge < -0.3 is 9.67 Å². The Labute approximate surface area is 72.0 Å². The molecule has 0 amide bonds. The molecule has 2 unspecified atom stereocenters. The summed E-state index contributed by atoms with van der Waals surface area (Å²) in [5, 5.41) is 9.63. The number of aliphatic hydroxyl groups excluding tert-OH is 1. The van der Waals surface area contributed by atoms with Gasteiger partial charge in [-0.3, -0.25) is 0 Å². The Morgan fingerprint density at radius 3 is 2.92 bits per heavy atom. The first-order chi connectivity index (χ1) is 5.79. The van der Waals surface area contributed by atoms with Crippen LogP contribution in [0, 0.1) is 0 Å². The summed E-state index contributed by atoms with van der Waals surface area (Å²) < 4.78 is 2.00. The molecule has 1 N–H and O–H groups in total. The third-order valence-electron chi connectivity index (χ3n) is 2.67. The van der Waals surface area contributed by atoms with Crippen molar-refractivity contribution in [1.29, 1.82) is 0 Å². The van der Waals surface area contributed by atoms with E-state index in [-0.39, 0.29) is 12.0 Å². The van der Waals surface area contributed by atoms with Crippen molar-refractivity contribution < 1.29 is 5.11 Å². The summed E-state index contributed by atoms with van der Waals surface area (Å²) in [4.78, 5) is 4.25. The van der Waals surface area contributed by atoms with Gasteiger partial charge in [0, 0.05) is 25.4 Å². The Kier molecular flexibility index (Phi) is 1.89. The topological polar surface area (TPSA) is 38.0 Å². The van der Waals surface area contributed by atoms with Crippen molar-refractivity contribution in [3.05, 3.63) is 18.2 Å². The summed E-state index contributed by atoms with van der Waals surface area (Å²) >= 11 is 0. The largest absolute Gasteiger partial charge is 0.392 e. The molecule has 0 bridgehead atoms. The fourth-order valence-corrected chi connectivity index (χ4v) is 1.98. The smallest absolute Gasteiger partial charge is 0.114 e. The van der Waals surface area contributed by atoms with Crippen molar-refractivity contribution >= 4 is 0 Å². The number of aryl methyl sites for hydroxylation is 1. The lowest BCUT2D eigenvalue weighted by Gasteiger charge is -2.13. The first kappa shape index (κ1) is 7.80. The maximum Gasteiger partial charge on any atom is 0.114 e. The molecule has 0 spiro atoms. The van der Waals surface area contributed by atoms with E-state index in [2.05, 4.69) is 4.98 Å². The van der Waals surface area contributed by atoms with E-state index >= 15 is 0 Å². The van der Waals surface area contributed by atoms with Gasteiger partial charge in [0.15, 0.2) is 0 Å². The number of aliphatic hydroxyl groups is 1. The third-order valence-corrected chi connectivity index (χ3v) is 2.67. The highest BCUT2D eigenvalue weighted by atomic mass is 16.3. The van der Waals surface area contributed by atoms with Gasteiger partial charge in [-0.15, -0.1) is 0 Å². The monoisotopic (exact) mass is 166 g/mol. The van der Waals surface area contributed by atoms with Crippen molar-refractivity contribution in [3.63, 3.8) is 0 Å². The number of imidazole rings is 1. The molecule has 0 aromatic carbocycles. The fraction of sp³-hybridized carbons (Fsp3) is 0.667. The molecule has 1 fully saturated rings. The lowest BCUT2D eigenvalue weighted by atomic mass is 10.1. The first-order valence-electron chi connectivity index (χ1n) is 4.44. The van der Waals surface area contributed by atoms with Gasteiger partial charge in [-0.1, -0.05) is 6.42 Å². The Bertz CT molecular complexity index is 269. The number of rotatable bonds is 1. The second-order valence-electron chi connectivity index (χ2n) is 3.50. The zero-order valence-corrected chi connectivity index (χ0v) is 7.27. The van der Waals surface area contributed by atoms with Gasteiger partial charge in [0.2, 0.25) is 0 Å². The minimum atomic E-state index is -0.175. The SMILES string of the molecule is Cn1ccnc1C1CCCC1O. The van der Waals surface area contributed by atoms with Gasteiger partial charge in [0.1, 0.15) is 5.82 Å². The molecular weight excluding hydrogens is 152 g/mol. The Balaban J connectivity index is 2.24. The summed E-state index contributed by atoms with van der Waals surface area (Å²) in [5.41, 5.74) is 0. The van der Waals surface area contributed by atoms with E-state index in [0.717, 1.165) is 25.1 Å². The molecule has 1 heterocycles. The maximum absolute atomic E-state index is 9.63. The lowest BCUT2D eigenvalue weighted by Crippen LogP contribution is -2.15. The molecule has 1 aromatic rings. The molecule has 1 saturated carbocycles. The van der Waals surface area contributed by atoms with Crippen molar-refractivity contribution in [2.24, 2.45) is 7.05 Å². The summed E-state index contributed by atoms with van der Waals surface area (Å²) in [6, 6.07) is 0. The molecule has 66 valence electrons. The summed E-state index contributed by atoms with van der Waals surface area (Å²) in [6.07, 6.45) is 6.68. The van der Waals surface area contributed by atoms with E-state index in [0.29, 0.717) is 0 Å². The number of nitrogens with zero attached hydrogens (tertiary/aromatic N) is 2. The van der Waals surface area contributed by atoms with Gasteiger partial charge in [0.25, 0.3) is 0 Å². The third kappa shape index (κ3) is 1.14. The molecule has 1 aliphatic carbocycles. The number of hydrogen-bond acceptors (Lipinski definition) is 2. The zero-order valence-electron chi connectivity index (χ0n) is 7.27. The van der Waals surface area contributed by atoms with Gasteiger partial charge >= 0.3 is 0 Å². The van der Waals surface area contributed by atoms with Gasteiger partial charge in [-0.05, 0) is 12.8 Å². The normalized spacial score (nSPS) is 29.5. The molecule has 12 heavy (non-hydrogen) atoms. The van der Waals surface area contributed by atoms with Crippen LogP contribution in [0.2, 0.25) is 0 Å². The highest BCUT2D eigenvalue weighted by Crippen LogP contribution is 2.33. The molecule has 3 heteroatoms. The van der Waals surface area contributed by atoms with Crippen LogP contribution in [0.3, 0.4) is 0 Å². The van der Waals surface area contributed by atoms with E-state index in [1.165, 1.54) is 0 Å². The van der Waals surface area contributed by atoms with Crippen molar-refractivity contribution in [2.45, 2.75) is 31.3 Å². The van der Waals surface area contributed by atoms with Crippen LogP contribution < -0.4 is 0 Å². The Hall–Kier alpha value is -0.830. The van der Waals surface area contributed by atoms with E-state index in [1.807, 2.05) is 17.8 Å². The van der Waals surface area contributed by atoms with E-state index in [1.54, 1.807) is 6.20 Å². The van der Waals surface area contributed by atoms with Gasteiger partial charge in [-0.2, -0.15) is 0 Å². The molecule has 1 aliphatic rings. The molecule has 3 nitrogen and oxygen atoms in total. The zero-order chi connectivity index (χ0) is 8.55. The van der Waals surface area contributed by atoms with Crippen LogP contribution in [0.15, 0.2) is 12.4 Å². The van der Waals surface area contributed by atoms with Crippen LogP contribution >= 0.6 is 0 Å². The summed E-state index contributed by atoms with van der Waals surface area (Å²) in [7, 11) is 1.98. The standard InChI is InChI=1S/C9H14N2O/c1-11-6-5-10-9(11)7-3-2-4-8(7)12/h5-8,12H,2-4H2,1H3. The summed E-state index contributed by atoms with van der Waals surface area (Å²) in [6.45, 7) is 0. The van der Waals surface area contributed by atoms with Crippen LogP contribution in [0.25, 0.3) is 0 Å². The molecule has 2 rings (SSSR count). The first-order valence-corrected chi connectivity index (χ1v) is 4.44. The minimum absolute atomic E-state index is 0.175. The van der Waals surface area contributed by atoms with Crippen molar-refractivity contribution in [3.8, 4) is 0 Å². The fourth-order valence-electron chi connectivity index (χ4n) is 1.98. The average Bonchev–Trinajstić information content (AvgIpc) is 2.59. The Morgan fingerprint density at radius 1 is 1.58 bits per heavy atom. The second kappa shape index (κ2) is 2.90. The molecular formula is C9H14N2O. The molecule has 0 radical (unpaired) electrons. The minimum Gasteiger partial charge on any atom is -0.392 e. The maximum atomic E-state index is 9.63. The van der Waals surface area contributed by atoms with Crippen LogP contribution in [-0.2, 0) is 7.05 Å². The quantitative estimate of drug-likeness (QED) is 0.677. The van der Waals surface area contributed by atoms with Crippen molar-refractivity contribution in [2.75, 3.05) is 0 Å². The Morgan fingerprint density at radius 2 is 2.42 bits per heavy atom. The second-order valence-corrected chi connectivity index (χ2v) is 3.50. The van der Waals surface area contributed by atoms with E-state index < -0.39 is 0 Å². The molecule has 0 aliphatic heterocycles. The predicted molar refractivity (Wildman–Crippen MR) is 45.8 cm³/mol. The van der Waals surface area contributed by atoms with Crippen molar-refractivity contribution in [1.82, 2.24) is 9.55 Å². The van der Waals surface area contributed by atoms with E-state index in [9.17, 15) is 5.11 Å².